The highest BCUT2D eigenvalue weighted by atomic mass is 19.1. The quantitative estimate of drug-likeness (QED) is 0.834. The molecule has 1 saturated carbocycles. The molecule has 108 valence electrons. The Kier molecular flexibility index (Phi) is 4.56. The summed E-state index contributed by atoms with van der Waals surface area (Å²) in [7, 11) is 0. The average Bonchev–Trinajstić information content (AvgIpc) is 3.16. The molecule has 0 aromatic heterocycles. The summed E-state index contributed by atoms with van der Waals surface area (Å²) in [4.78, 5) is 0. The van der Waals surface area contributed by atoms with Crippen LogP contribution in [-0.2, 0) is 6.54 Å². The molecular weight excluding hydrogens is 262 g/mol. The van der Waals surface area contributed by atoms with Crippen molar-refractivity contribution in [2.75, 3.05) is 13.2 Å². The van der Waals surface area contributed by atoms with Crippen molar-refractivity contribution < 1.29 is 13.5 Å². The Hall–Kier alpha value is -1.67. The van der Waals surface area contributed by atoms with Crippen LogP contribution in [0.5, 0.6) is 5.75 Å². The summed E-state index contributed by atoms with van der Waals surface area (Å²) >= 11 is 0. The molecule has 1 N–H and O–H groups in total. The lowest BCUT2D eigenvalue weighted by atomic mass is 10.1. The lowest BCUT2D eigenvalue weighted by Crippen LogP contribution is -2.15. The van der Waals surface area contributed by atoms with E-state index in [-0.39, 0.29) is 17.8 Å². The molecule has 3 nitrogen and oxygen atoms in total. The van der Waals surface area contributed by atoms with Crippen molar-refractivity contribution in [3.05, 3.63) is 29.3 Å². The minimum Gasteiger partial charge on any atom is -0.487 e. The number of nitriles is 1. The van der Waals surface area contributed by atoms with Crippen molar-refractivity contribution in [3.8, 4) is 11.8 Å². The SMILES string of the molecule is CCNCc1cc(F)c(OCC2(CC#N)CC2)c(F)c1. The minimum absolute atomic E-state index is 0.195. The van der Waals surface area contributed by atoms with Gasteiger partial charge in [0.25, 0.3) is 0 Å². The summed E-state index contributed by atoms with van der Waals surface area (Å²) in [6.07, 6.45) is 2.12. The van der Waals surface area contributed by atoms with Crippen molar-refractivity contribution in [2.45, 2.75) is 32.7 Å². The Bertz CT molecular complexity index is 498. The fourth-order valence-corrected chi connectivity index (χ4v) is 2.06. The first kappa shape index (κ1) is 14.7. The number of nitrogens with zero attached hydrogens (tertiary/aromatic N) is 1. The average molecular weight is 280 g/mol. The molecule has 0 aliphatic heterocycles. The number of benzene rings is 1. The van der Waals surface area contributed by atoms with Crippen LogP contribution in [0.1, 0.15) is 31.7 Å². The van der Waals surface area contributed by atoms with Gasteiger partial charge in [-0.25, -0.2) is 8.78 Å². The Morgan fingerprint density at radius 3 is 2.50 bits per heavy atom. The standard InChI is InChI=1S/C15H18F2N2O/c1-2-19-9-11-7-12(16)14(13(17)8-11)20-10-15(3-4-15)5-6-18/h7-8,19H,2-5,9-10H2,1H3. The van der Waals surface area contributed by atoms with Gasteiger partial charge in [-0.3, -0.25) is 0 Å². The zero-order chi connectivity index (χ0) is 14.6. The normalized spacial score (nSPS) is 15.7. The van der Waals surface area contributed by atoms with E-state index in [0.717, 1.165) is 19.4 Å². The molecule has 1 aliphatic carbocycles. The van der Waals surface area contributed by atoms with E-state index in [1.54, 1.807) is 0 Å². The van der Waals surface area contributed by atoms with Crippen LogP contribution in [0.25, 0.3) is 0 Å². The molecule has 0 unspecified atom stereocenters. The third-order valence-electron chi connectivity index (χ3n) is 3.57. The van der Waals surface area contributed by atoms with Crippen molar-refractivity contribution in [1.29, 1.82) is 5.26 Å². The molecule has 0 bridgehead atoms. The Labute approximate surface area is 117 Å². The molecule has 1 aromatic carbocycles. The maximum Gasteiger partial charge on any atom is 0.190 e. The molecule has 0 spiro atoms. The predicted molar refractivity (Wildman–Crippen MR) is 71.1 cm³/mol. The Morgan fingerprint density at radius 2 is 2.00 bits per heavy atom. The monoisotopic (exact) mass is 280 g/mol. The van der Waals surface area contributed by atoms with E-state index in [0.29, 0.717) is 18.5 Å². The van der Waals surface area contributed by atoms with Gasteiger partial charge < -0.3 is 10.1 Å². The van der Waals surface area contributed by atoms with E-state index in [2.05, 4.69) is 11.4 Å². The van der Waals surface area contributed by atoms with Gasteiger partial charge in [-0.05, 0) is 37.1 Å². The lowest BCUT2D eigenvalue weighted by Gasteiger charge is -2.14. The molecule has 2 rings (SSSR count). The summed E-state index contributed by atoms with van der Waals surface area (Å²) in [5.41, 5.74) is 0.350. The number of hydrogen-bond donors (Lipinski definition) is 1. The molecule has 0 atom stereocenters. The number of halogens is 2. The van der Waals surface area contributed by atoms with Gasteiger partial charge in [0.05, 0.1) is 12.7 Å². The van der Waals surface area contributed by atoms with E-state index >= 15 is 0 Å². The lowest BCUT2D eigenvalue weighted by molar-refractivity contribution is 0.218. The summed E-state index contributed by atoms with van der Waals surface area (Å²) in [5.74, 6) is -1.72. The van der Waals surface area contributed by atoms with Crippen LogP contribution < -0.4 is 10.1 Å². The Morgan fingerprint density at radius 1 is 1.35 bits per heavy atom. The maximum atomic E-state index is 13.9. The van der Waals surface area contributed by atoms with Crippen LogP contribution in [0, 0.1) is 28.4 Å². The molecule has 0 heterocycles. The van der Waals surface area contributed by atoms with Crippen LogP contribution >= 0.6 is 0 Å². The van der Waals surface area contributed by atoms with Crippen LogP contribution in [0.15, 0.2) is 12.1 Å². The van der Waals surface area contributed by atoms with Gasteiger partial charge >= 0.3 is 0 Å². The third-order valence-corrected chi connectivity index (χ3v) is 3.57. The van der Waals surface area contributed by atoms with E-state index < -0.39 is 11.6 Å². The molecule has 1 fully saturated rings. The minimum atomic E-state index is -0.689. The van der Waals surface area contributed by atoms with E-state index in [1.807, 2.05) is 6.92 Å². The van der Waals surface area contributed by atoms with Crippen LogP contribution in [-0.4, -0.2) is 13.2 Å². The molecule has 0 radical (unpaired) electrons. The van der Waals surface area contributed by atoms with E-state index in [9.17, 15) is 8.78 Å². The molecule has 1 aromatic rings. The maximum absolute atomic E-state index is 13.9. The van der Waals surface area contributed by atoms with Gasteiger partial charge in [0.2, 0.25) is 0 Å². The van der Waals surface area contributed by atoms with Crippen molar-refractivity contribution in [1.82, 2.24) is 5.32 Å². The first-order valence-electron chi connectivity index (χ1n) is 6.78. The molecule has 0 saturated heterocycles. The van der Waals surface area contributed by atoms with Gasteiger partial charge in [-0.15, -0.1) is 0 Å². The largest absolute Gasteiger partial charge is 0.487 e. The second kappa shape index (κ2) is 6.19. The zero-order valence-corrected chi connectivity index (χ0v) is 11.5. The highest BCUT2D eigenvalue weighted by Gasteiger charge is 2.43. The number of hydrogen-bond acceptors (Lipinski definition) is 3. The fraction of sp³-hybridized carbons (Fsp3) is 0.533. The molecule has 0 amide bonds. The zero-order valence-electron chi connectivity index (χ0n) is 11.5. The van der Waals surface area contributed by atoms with E-state index in [1.165, 1.54) is 12.1 Å². The first-order chi connectivity index (χ1) is 9.60. The van der Waals surface area contributed by atoms with Crippen LogP contribution in [0.3, 0.4) is 0 Å². The number of nitrogens with one attached hydrogen (secondary N) is 1. The first-order valence-corrected chi connectivity index (χ1v) is 6.78. The van der Waals surface area contributed by atoms with Gasteiger partial charge in [0.15, 0.2) is 17.4 Å². The van der Waals surface area contributed by atoms with Crippen molar-refractivity contribution in [3.63, 3.8) is 0 Å². The molecule has 1 aliphatic rings. The van der Waals surface area contributed by atoms with Crippen LogP contribution in [0.2, 0.25) is 0 Å². The van der Waals surface area contributed by atoms with Crippen molar-refractivity contribution >= 4 is 0 Å². The number of ether oxygens (including phenoxy) is 1. The topological polar surface area (TPSA) is 45.0 Å². The van der Waals surface area contributed by atoms with Gasteiger partial charge in [-0.1, -0.05) is 6.92 Å². The van der Waals surface area contributed by atoms with Crippen LogP contribution in [0.4, 0.5) is 8.78 Å². The third kappa shape index (κ3) is 3.45. The summed E-state index contributed by atoms with van der Waals surface area (Å²) in [6, 6.07) is 4.66. The van der Waals surface area contributed by atoms with E-state index in [4.69, 9.17) is 10.00 Å². The fourth-order valence-electron chi connectivity index (χ4n) is 2.06. The highest BCUT2D eigenvalue weighted by molar-refractivity contribution is 5.31. The highest BCUT2D eigenvalue weighted by Crippen LogP contribution is 2.48. The Balaban J connectivity index is 2.03. The van der Waals surface area contributed by atoms with Gasteiger partial charge in [0.1, 0.15) is 0 Å². The summed E-state index contributed by atoms with van der Waals surface area (Å²) in [5, 5.41) is 11.7. The summed E-state index contributed by atoms with van der Waals surface area (Å²) in [6.45, 7) is 3.27. The smallest absolute Gasteiger partial charge is 0.190 e. The molecule has 20 heavy (non-hydrogen) atoms. The summed E-state index contributed by atoms with van der Waals surface area (Å²) < 4.78 is 33.0. The second-order valence-electron chi connectivity index (χ2n) is 5.29. The second-order valence-corrected chi connectivity index (χ2v) is 5.29. The molecule has 5 heteroatoms. The molecular formula is C15H18F2N2O. The van der Waals surface area contributed by atoms with Gasteiger partial charge in [0, 0.05) is 18.4 Å². The van der Waals surface area contributed by atoms with Gasteiger partial charge in [-0.2, -0.15) is 5.26 Å². The van der Waals surface area contributed by atoms with Crippen molar-refractivity contribution in [2.24, 2.45) is 5.41 Å². The predicted octanol–water partition coefficient (Wildman–Crippen LogP) is 3.15. The number of rotatable bonds is 7.